The predicted molar refractivity (Wildman–Crippen MR) is 89.5 cm³/mol. The molecule has 0 amide bonds. The molecule has 0 aromatic heterocycles. The molecule has 24 heavy (non-hydrogen) atoms. The van der Waals surface area contributed by atoms with Crippen LogP contribution >= 0.6 is 0 Å². The number of benzene rings is 1. The van der Waals surface area contributed by atoms with Crippen molar-refractivity contribution in [2.75, 3.05) is 37.6 Å². The summed E-state index contributed by atoms with van der Waals surface area (Å²) in [6.45, 7) is 3.49. The number of guanidine groups is 1. The number of fused-ring (bicyclic) bond motifs is 1. The lowest BCUT2D eigenvalue weighted by atomic mass is 10.2. The molecule has 1 unspecified atom stereocenters. The van der Waals surface area contributed by atoms with Crippen molar-refractivity contribution >= 4 is 11.6 Å². The van der Waals surface area contributed by atoms with Gasteiger partial charge in [0, 0.05) is 37.9 Å². The van der Waals surface area contributed by atoms with E-state index in [1.54, 1.807) is 0 Å². The minimum absolute atomic E-state index is 0.00501. The normalized spacial score (nSPS) is 22.1. The number of rotatable bonds is 3. The van der Waals surface area contributed by atoms with Crippen LogP contribution in [-0.2, 0) is 6.42 Å². The number of hydrogen-bond donors (Lipinski definition) is 1. The molecule has 3 rings (SSSR count). The van der Waals surface area contributed by atoms with Gasteiger partial charge in [-0.2, -0.15) is 13.2 Å². The number of para-hydroxylation sites is 1. The highest BCUT2D eigenvalue weighted by Gasteiger charge is 2.35. The van der Waals surface area contributed by atoms with Crippen molar-refractivity contribution in [3.05, 3.63) is 29.8 Å². The van der Waals surface area contributed by atoms with Crippen molar-refractivity contribution in [1.82, 2.24) is 10.2 Å². The molecule has 1 saturated heterocycles. The molecule has 1 atom stereocenters. The van der Waals surface area contributed by atoms with Crippen LogP contribution in [0, 0.1) is 0 Å². The smallest absolute Gasteiger partial charge is 0.352 e. The zero-order valence-corrected chi connectivity index (χ0v) is 13.8. The highest BCUT2D eigenvalue weighted by atomic mass is 19.4. The van der Waals surface area contributed by atoms with E-state index < -0.39 is 12.7 Å². The molecule has 2 aliphatic heterocycles. The van der Waals surface area contributed by atoms with Crippen molar-refractivity contribution in [2.24, 2.45) is 4.99 Å². The minimum atomic E-state index is -4.14. The second-order valence-corrected chi connectivity index (χ2v) is 6.31. The van der Waals surface area contributed by atoms with Gasteiger partial charge in [0.15, 0.2) is 5.96 Å². The third-order valence-corrected chi connectivity index (χ3v) is 4.46. The second-order valence-electron chi connectivity index (χ2n) is 6.31. The molecule has 2 aliphatic rings. The van der Waals surface area contributed by atoms with Gasteiger partial charge in [-0.1, -0.05) is 18.2 Å². The SMILES string of the molecule is CCN=C(NC1CCN(CC(F)(F)F)C1)N1CCc2ccccc21. The van der Waals surface area contributed by atoms with Crippen LogP contribution in [0.25, 0.3) is 0 Å². The lowest BCUT2D eigenvalue weighted by Gasteiger charge is -2.26. The van der Waals surface area contributed by atoms with Gasteiger partial charge in [-0.05, 0) is 31.4 Å². The number of aliphatic imine (C=N–C) groups is 1. The molecule has 2 heterocycles. The fraction of sp³-hybridized carbons (Fsp3) is 0.588. The summed E-state index contributed by atoms with van der Waals surface area (Å²) < 4.78 is 37.6. The molecule has 0 saturated carbocycles. The molecule has 0 aliphatic carbocycles. The van der Waals surface area contributed by atoms with E-state index in [-0.39, 0.29) is 6.04 Å². The first-order valence-corrected chi connectivity index (χ1v) is 8.42. The second kappa shape index (κ2) is 7.01. The molecule has 1 fully saturated rings. The Bertz CT molecular complexity index is 600. The molecule has 4 nitrogen and oxygen atoms in total. The monoisotopic (exact) mass is 340 g/mol. The first-order chi connectivity index (χ1) is 11.5. The molecule has 1 N–H and O–H groups in total. The first kappa shape index (κ1) is 17.1. The summed E-state index contributed by atoms with van der Waals surface area (Å²) in [5.41, 5.74) is 2.43. The maximum atomic E-state index is 12.5. The molecular weight excluding hydrogens is 317 g/mol. The fourth-order valence-electron chi connectivity index (χ4n) is 3.45. The number of nitrogens with one attached hydrogen (secondary N) is 1. The summed E-state index contributed by atoms with van der Waals surface area (Å²) in [7, 11) is 0. The van der Waals surface area contributed by atoms with E-state index in [1.165, 1.54) is 10.5 Å². The van der Waals surface area contributed by atoms with Gasteiger partial charge in [-0.25, -0.2) is 0 Å². The number of likely N-dealkylation sites (tertiary alicyclic amines) is 1. The van der Waals surface area contributed by atoms with E-state index in [0.29, 0.717) is 26.1 Å². The third kappa shape index (κ3) is 4.01. The summed E-state index contributed by atoms with van der Waals surface area (Å²) in [5, 5.41) is 3.38. The van der Waals surface area contributed by atoms with Gasteiger partial charge in [0.05, 0.1) is 6.54 Å². The molecule has 0 bridgehead atoms. The van der Waals surface area contributed by atoms with E-state index in [4.69, 9.17) is 0 Å². The van der Waals surface area contributed by atoms with Crippen molar-refractivity contribution in [3.63, 3.8) is 0 Å². The predicted octanol–water partition coefficient (Wildman–Crippen LogP) is 2.65. The quantitative estimate of drug-likeness (QED) is 0.678. The van der Waals surface area contributed by atoms with Gasteiger partial charge in [0.25, 0.3) is 0 Å². The standard InChI is InChI=1S/C17H23F3N4/c1-2-21-16(24-10-7-13-5-3-4-6-15(13)24)22-14-8-9-23(11-14)12-17(18,19)20/h3-6,14H,2,7-12H2,1H3,(H,21,22). The van der Waals surface area contributed by atoms with Gasteiger partial charge in [-0.15, -0.1) is 0 Å². The molecule has 1 aromatic carbocycles. The Hall–Kier alpha value is -1.76. The highest BCUT2D eigenvalue weighted by Crippen LogP contribution is 2.28. The Balaban J connectivity index is 1.65. The summed E-state index contributed by atoms with van der Waals surface area (Å²) in [6.07, 6.45) is -2.47. The summed E-state index contributed by atoms with van der Waals surface area (Å²) in [6, 6.07) is 8.21. The summed E-state index contributed by atoms with van der Waals surface area (Å²) >= 11 is 0. The van der Waals surface area contributed by atoms with Crippen LogP contribution in [0.1, 0.15) is 18.9 Å². The van der Waals surface area contributed by atoms with Crippen LogP contribution in [0.5, 0.6) is 0 Å². The molecule has 0 radical (unpaired) electrons. The Labute approximate surface area is 140 Å². The molecule has 132 valence electrons. The van der Waals surface area contributed by atoms with Crippen LogP contribution in [0.4, 0.5) is 18.9 Å². The first-order valence-electron chi connectivity index (χ1n) is 8.42. The van der Waals surface area contributed by atoms with Crippen LogP contribution in [0.2, 0.25) is 0 Å². The van der Waals surface area contributed by atoms with Gasteiger partial charge >= 0.3 is 6.18 Å². The zero-order valence-electron chi connectivity index (χ0n) is 13.8. The number of nitrogens with zero attached hydrogens (tertiary/aromatic N) is 3. The highest BCUT2D eigenvalue weighted by molar-refractivity contribution is 5.98. The van der Waals surface area contributed by atoms with Gasteiger partial charge in [0.2, 0.25) is 0 Å². The van der Waals surface area contributed by atoms with Crippen molar-refractivity contribution in [2.45, 2.75) is 32.0 Å². The molecule has 0 spiro atoms. The van der Waals surface area contributed by atoms with Crippen molar-refractivity contribution in [1.29, 1.82) is 0 Å². The summed E-state index contributed by atoms with van der Waals surface area (Å²) in [4.78, 5) is 8.16. The number of alkyl halides is 3. The lowest BCUT2D eigenvalue weighted by molar-refractivity contribution is -0.143. The van der Waals surface area contributed by atoms with Crippen LogP contribution in [0.3, 0.4) is 0 Å². The number of anilines is 1. The number of halogens is 3. The van der Waals surface area contributed by atoms with Crippen LogP contribution in [0.15, 0.2) is 29.3 Å². The Morgan fingerprint density at radius 2 is 2.08 bits per heavy atom. The van der Waals surface area contributed by atoms with Crippen molar-refractivity contribution < 1.29 is 13.2 Å². The number of hydrogen-bond acceptors (Lipinski definition) is 2. The topological polar surface area (TPSA) is 30.9 Å². The Kier molecular flexibility index (Phi) is 4.99. The van der Waals surface area contributed by atoms with E-state index in [0.717, 1.165) is 24.6 Å². The maximum absolute atomic E-state index is 12.5. The molecule has 7 heteroatoms. The lowest BCUT2D eigenvalue weighted by Crippen LogP contribution is -2.47. The van der Waals surface area contributed by atoms with Gasteiger partial charge in [0.1, 0.15) is 0 Å². The zero-order chi connectivity index (χ0) is 17.2. The van der Waals surface area contributed by atoms with Gasteiger partial charge < -0.3 is 10.2 Å². The van der Waals surface area contributed by atoms with E-state index in [1.807, 2.05) is 19.1 Å². The van der Waals surface area contributed by atoms with E-state index >= 15 is 0 Å². The largest absolute Gasteiger partial charge is 0.401 e. The third-order valence-electron chi connectivity index (χ3n) is 4.46. The van der Waals surface area contributed by atoms with E-state index in [2.05, 4.69) is 27.3 Å². The maximum Gasteiger partial charge on any atom is 0.401 e. The average Bonchev–Trinajstić information content (AvgIpc) is 3.12. The van der Waals surface area contributed by atoms with Gasteiger partial charge in [-0.3, -0.25) is 9.89 Å². The van der Waals surface area contributed by atoms with Crippen LogP contribution < -0.4 is 10.2 Å². The van der Waals surface area contributed by atoms with E-state index in [9.17, 15) is 13.2 Å². The summed E-state index contributed by atoms with van der Waals surface area (Å²) in [5.74, 6) is 0.779. The van der Waals surface area contributed by atoms with Crippen LogP contribution in [-0.4, -0.2) is 55.8 Å². The molecular formula is C17H23F3N4. The Morgan fingerprint density at radius 1 is 1.29 bits per heavy atom. The minimum Gasteiger partial charge on any atom is -0.352 e. The molecule has 1 aromatic rings. The Morgan fingerprint density at radius 3 is 2.83 bits per heavy atom. The average molecular weight is 340 g/mol. The van der Waals surface area contributed by atoms with Crippen molar-refractivity contribution in [3.8, 4) is 0 Å². The fourth-order valence-corrected chi connectivity index (χ4v) is 3.45.